The summed E-state index contributed by atoms with van der Waals surface area (Å²) in [5.74, 6) is 0.715. The van der Waals surface area contributed by atoms with E-state index in [9.17, 15) is 9.90 Å². The molecule has 1 saturated heterocycles. The monoisotopic (exact) mass is 358 g/mol. The summed E-state index contributed by atoms with van der Waals surface area (Å²) in [4.78, 5) is 17.0. The lowest BCUT2D eigenvalue weighted by atomic mass is 9.84. The summed E-state index contributed by atoms with van der Waals surface area (Å²) >= 11 is 0. The van der Waals surface area contributed by atoms with Gasteiger partial charge in [-0.3, -0.25) is 9.69 Å². The van der Waals surface area contributed by atoms with Crippen molar-refractivity contribution in [2.24, 2.45) is 5.92 Å². The molecule has 1 saturated carbocycles. The van der Waals surface area contributed by atoms with Crippen molar-refractivity contribution in [1.82, 2.24) is 9.80 Å². The Morgan fingerprint density at radius 3 is 2.35 bits per heavy atom. The second-order valence-electron chi connectivity index (χ2n) is 8.71. The van der Waals surface area contributed by atoms with E-state index in [2.05, 4.69) is 34.1 Å². The fourth-order valence-corrected chi connectivity index (χ4v) is 3.78. The Hall–Kier alpha value is -1.39. The van der Waals surface area contributed by atoms with Gasteiger partial charge in [-0.25, -0.2) is 0 Å². The summed E-state index contributed by atoms with van der Waals surface area (Å²) in [7, 11) is 0. The molecule has 1 aromatic carbocycles. The number of aryl methyl sites for hydroxylation is 1. The normalized spacial score (nSPS) is 19.9. The van der Waals surface area contributed by atoms with E-state index < -0.39 is 5.60 Å². The molecule has 1 heterocycles. The summed E-state index contributed by atoms with van der Waals surface area (Å²) in [6, 6.07) is 8.79. The third-order valence-corrected chi connectivity index (χ3v) is 5.81. The summed E-state index contributed by atoms with van der Waals surface area (Å²) in [6.07, 6.45) is 6.18. The SMILES string of the molecule is CC(C)(O)CCc1ccc(CN2CCCN(C(=O)C3CCC3)CC2)cc1. The predicted molar refractivity (Wildman–Crippen MR) is 105 cm³/mol. The number of aliphatic hydroxyl groups is 1. The molecule has 1 aliphatic carbocycles. The van der Waals surface area contributed by atoms with Crippen LogP contribution in [0.15, 0.2) is 24.3 Å². The molecule has 4 heteroatoms. The molecule has 2 fully saturated rings. The molecular formula is C22H34N2O2. The number of hydrogen-bond acceptors (Lipinski definition) is 3. The van der Waals surface area contributed by atoms with Crippen molar-refractivity contribution in [3.8, 4) is 0 Å². The van der Waals surface area contributed by atoms with Gasteiger partial charge in [0.1, 0.15) is 0 Å². The van der Waals surface area contributed by atoms with Crippen LogP contribution >= 0.6 is 0 Å². The van der Waals surface area contributed by atoms with E-state index >= 15 is 0 Å². The number of amides is 1. The van der Waals surface area contributed by atoms with Gasteiger partial charge in [0.2, 0.25) is 5.91 Å². The van der Waals surface area contributed by atoms with E-state index in [0.29, 0.717) is 11.8 Å². The molecule has 0 atom stereocenters. The fourth-order valence-electron chi connectivity index (χ4n) is 3.78. The lowest BCUT2D eigenvalue weighted by Gasteiger charge is -2.31. The van der Waals surface area contributed by atoms with Crippen molar-refractivity contribution < 1.29 is 9.90 Å². The highest BCUT2D eigenvalue weighted by Crippen LogP contribution is 2.28. The van der Waals surface area contributed by atoms with Gasteiger partial charge in [-0.2, -0.15) is 0 Å². The molecule has 144 valence electrons. The smallest absolute Gasteiger partial charge is 0.225 e. The zero-order valence-electron chi connectivity index (χ0n) is 16.4. The van der Waals surface area contributed by atoms with E-state index in [1.165, 1.54) is 17.5 Å². The Labute approximate surface area is 158 Å². The van der Waals surface area contributed by atoms with E-state index in [1.54, 1.807) is 0 Å². The van der Waals surface area contributed by atoms with Crippen LogP contribution in [-0.2, 0) is 17.8 Å². The van der Waals surface area contributed by atoms with Gasteiger partial charge in [0.25, 0.3) is 0 Å². The molecule has 0 bridgehead atoms. The summed E-state index contributed by atoms with van der Waals surface area (Å²) in [6.45, 7) is 8.51. The maximum atomic E-state index is 12.5. The van der Waals surface area contributed by atoms with Gasteiger partial charge in [0.05, 0.1) is 5.60 Å². The highest BCUT2D eigenvalue weighted by Gasteiger charge is 2.30. The van der Waals surface area contributed by atoms with Crippen LogP contribution in [-0.4, -0.2) is 52.6 Å². The van der Waals surface area contributed by atoms with Crippen LogP contribution in [0.4, 0.5) is 0 Å². The lowest BCUT2D eigenvalue weighted by Crippen LogP contribution is -2.41. The molecular weight excluding hydrogens is 324 g/mol. The molecule has 1 aromatic rings. The Kier molecular flexibility index (Phi) is 6.36. The lowest BCUT2D eigenvalue weighted by molar-refractivity contribution is -0.138. The van der Waals surface area contributed by atoms with Crippen molar-refractivity contribution >= 4 is 5.91 Å². The first-order valence-corrected chi connectivity index (χ1v) is 10.2. The zero-order valence-corrected chi connectivity index (χ0v) is 16.4. The number of benzene rings is 1. The van der Waals surface area contributed by atoms with E-state index in [0.717, 1.165) is 64.8 Å². The molecule has 0 spiro atoms. The largest absolute Gasteiger partial charge is 0.390 e. The van der Waals surface area contributed by atoms with E-state index in [-0.39, 0.29) is 0 Å². The molecule has 0 aromatic heterocycles. The van der Waals surface area contributed by atoms with Gasteiger partial charge in [-0.15, -0.1) is 0 Å². The second-order valence-corrected chi connectivity index (χ2v) is 8.71. The van der Waals surface area contributed by atoms with Gasteiger partial charge in [-0.1, -0.05) is 30.7 Å². The average molecular weight is 359 g/mol. The highest BCUT2D eigenvalue weighted by atomic mass is 16.3. The number of nitrogens with zero attached hydrogens (tertiary/aromatic N) is 2. The van der Waals surface area contributed by atoms with Gasteiger partial charge < -0.3 is 10.0 Å². The molecule has 1 amide bonds. The third-order valence-electron chi connectivity index (χ3n) is 5.81. The number of carbonyl (C=O) groups is 1. The zero-order chi connectivity index (χ0) is 18.6. The first-order chi connectivity index (χ1) is 12.4. The van der Waals surface area contributed by atoms with Gasteiger partial charge in [-0.05, 0) is 57.1 Å². The van der Waals surface area contributed by atoms with Crippen LogP contribution < -0.4 is 0 Å². The van der Waals surface area contributed by atoms with Crippen molar-refractivity contribution in [3.63, 3.8) is 0 Å². The van der Waals surface area contributed by atoms with Crippen LogP contribution in [0, 0.1) is 5.92 Å². The van der Waals surface area contributed by atoms with Crippen LogP contribution in [0.3, 0.4) is 0 Å². The van der Waals surface area contributed by atoms with Gasteiger partial charge in [0.15, 0.2) is 0 Å². The predicted octanol–water partition coefficient (Wildman–Crippen LogP) is 3.22. The molecule has 3 rings (SSSR count). The minimum Gasteiger partial charge on any atom is -0.390 e. The Morgan fingerprint density at radius 2 is 1.73 bits per heavy atom. The Bertz CT molecular complexity index is 587. The fraction of sp³-hybridized carbons (Fsp3) is 0.682. The van der Waals surface area contributed by atoms with Crippen molar-refractivity contribution in [3.05, 3.63) is 35.4 Å². The molecule has 1 aliphatic heterocycles. The van der Waals surface area contributed by atoms with Gasteiger partial charge >= 0.3 is 0 Å². The molecule has 26 heavy (non-hydrogen) atoms. The van der Waals surface area contributed by atoms with Crippen LogP contribution in [0.5, 0.6) is 0 Å². The van der Waals surface area contributed by atoms with Crippen molar-refractivity contribution in [1.29, 1.82) is 0 Å². The summed E-state index contributed by atoms with van der Waals surface area (Å²) < 4.78 is 0. The topological polar surface area (TPSA) is 43.8 Å². The number of carbonyl (C=O) groups excluding carboxylic acids is 1. The minimum absolute atomic E-state index is 0.318. The summed E-state index contributed by atoms with van der Waals surface area (Å²) in [5.41, 5.74) is 2.01. The maximum Gasteiger partial charge on any atom is 0.225 e. The van der Waals surface area contributed by atoms with E-state index in [1.807, 2.05) is 13.8 Å². The molecule has 4 nitrogen and oxygen atoms in total. The van der Waals surface area contributed by atoms with Gasteiger partial charge in [0, 0.05) is 38.6 Å². The molecule has 0 unspecified atom stereocenters. The first-order valence-electron chi connectivity index (χ1n) is 10.2. The van der Waals surface area contributed by atoms with E-state index in [4.69, 9.17) is 0 Å². The standard InChI is InChI=1S/C22H34N2O2/c1-22(2,26)12-11-18-7-9-19(10-8-18)17-23-13-4-14-24(16-15-23)21(25)20-5-3-6-20/h7-10,20,26H,3-6,11-17H2,1-2H3. The van der Waals surface area contributed by atoms with Crippen LogP contribution in [0.2, 0.25) is 0 Å². The molecule has 0 radical (unpaired) electrons. The first kappa shape index (κ1) is 19.4. The quantitative estimate of drug-likeness (QED) is 0.849. The Morgan fingerprint density at radius 1 is 1.04 bits per heavy atom. The molecule has 2 aliphatic rings. The third kappa shape index (κ3) is 5.55. The second kappa shape index (κ2) is 8.53. The highest BCUT2D eigenvalue weighted by molar-refractivity contribution is 5.79. The maximum absolute atomic E-state index is 12.5. The number of rotatable bonds is 6. The van der Waals surface area contributed by atoms with Crippen molar-refractivity contribution in [2.75, 3.05) is 26.2 Å². The minimum atomic E-state index is -0.604. The van der Waals surface area contributed by atoms with Crippen LogP contribution in [0.25, 0.3) is 0 Å². The summed E-state index contributed by atoms with van der Waals surface area (Å²) in [5, 5.41) is 9.86. The van der Waals surface area contributed by atoms with Crippen LogP contribution in [0.1, 0.15) is 57.1 Å². The molecule has 1 N–H and O–H groups in total. The average Bonchev–Trinajstić information content (AvgIpc) is 2.77. The van der Waals surface area contributed by atoms with Crippen molar-refractivity contribution in [2.45, 2.75) is 64.5 Å². The number of hydrogen-bond donors (Lipinski definition) is 1. The Balaban J connectivity index is 1.47.